The zero-order valence-corrected chi connectivity index (χ0v) is 13.3. The molecule has 0 bridgehead atoms. The minimum Gasteiger partial charge on any atom is -0.320 e. The molecular weight excluding hydrogens is 333 g/mol. The second-order valence-corrected chi connectivity index (χ2v) is 6.75. The smallest absolute Gasteiger partial charge is 0.320 e. The highest BCUT2D eigenvalue weighted by atomic mass is 79.9. The van der Waals surface area contributed by atoms with E-state index in [1.54, 1.807) is 6.08 Å². The van der Waals surface area contributed by atoms with Gasteiger partial charge in [0.15, 0.2) is 0 Å². The van der Waals surface area contributed by atoms with Gasteiger partial charge >= 0.3 is 7.60 Å². The van der Waals surface area contributed by atoms with Crippen LogP contribution in [0.4, 0.5) is 0 Å². The number of benzene rings is 1. The van der Waals surface area contributed by atoms with Crippen LogP contribution in [0.25, 0.3) is 6.08 Å². The highest BCUT2D eigenvalue weighted by Gasteiger charge is 2.28. The van der Waals surface area contributed by atoms with E-state index in [4.69, 9.17) is 9.05 Å². The summed E-state index contributed by atoms with van der Waals surface area (Å²) in [5.74, 6) is -0.349. The lowest BCUT2D eigenvalue weighted by Crippen LogP contribution is -2.20. The summed E-state index contributed by atoms with van der Waals surface area (Å²) in [4.78, 5) is 11.2. The van der Waals surface area contributed by atoms with E-state index in [-0.39, 0.29) is 11.3 Å². The molecule has 1 amide bonds. The Bertz CT molecular complexity index is 519. The summed E-state index contributed by atoms with van der Waals surface area (Å²) >= 11 is 3.32. The molecular formula is C12H15BrNO4P. The summed E-state index contributed by atoms with van der Waals surface area (Å²) in [6, 6.07) is 7.28. The molecule has 0 spiro atoms. The van der Waals surface area contributed by atoms with Crippen molar-refractivity contribution in [3.05, 3.63) is 39.7 Å². The Morgan fingerprint density at radius 1 is 1.26 bits per heavy atom. The molecule has 0 unspecified atom stereocenters. The third-order valence-corrected chi connectivity index (χ3v) is 4.57. The van der Waals surface area contributed by atoms with Crippen LogP contribution in [0.15, 0.2) is 34.2 Å². The second kappa shape index (κ2) is 7.01. The Morgan fingerprint density at radius 3 is 2.21 bits per heavy atom. The lowest BCUT2D eigenvalue weighted by atomic mass is 10.2. The maximum Gasteiger partial charge on any atom is 0.376 e. The van der Waals surface area contributed by atoms with Gasteiger partial charge in [0, 0.05) is 25.6 Å². The van der Waals surface area contributed by atoms with Crippen molar-refractivity contribution in [3.8, 4) is 0 Å². The van der Waals surface area contributed by atoms with Crippen molar-refractivity contribution in [2.45, 2.75) is 6.92 Å². The Labute approximate surface area is 120 Å². The third kappa shape index (κ3) is 4.58. The average Bonchev–Trinajstić information content (AvgIpc) is 2.39. The first kappa shape index (κ1) is 16.1. The van der Waals surface area contributed by atoms with Crippen LogP contribution in [-0.4, -0.2) is 20.1 Å². The van der Waals surface area contributed by atoms with Crippen molar-refractivity contribution < 1.29 is 18.4 Å². The molecule has 1 rings (SSSR count). The first-order valence-corrected chi connectivity index (χ1v) is 7.72. The fourth-order valence-electron chi connectivity index (χ4n) is 1.35. The Hall–Kier alpha value is -0.940. The average molecular weight is 348 g/mol. The van der Waals surface area contributed by atoms with E-state index in [1.807, 2.05) is 24.3 Å². The summed E-state index contributed by atoms with van der Waals surface area (Å²) in [5.41, 5.74) is 0.869. The molecule has 104 valence electrons. The van der Waals surface area contributed by atoms with Crippen LogP contribution in [-0.2, 0) is 18.4 Å². The van der Waals surface area contributed by atoms with Crippen LogP contribution in [0.2, 0.25) is 0 Å². The number of nitrogens with one attached hydrogen (secondary N) is 1. The molecule has 1 aromatic rings. The minimum absolute atomic E-state index is 0.104. The van der Waals surface area contributed by atoms with E-state index in [1.165, 1.54) is 21.1 Å². The molecule has 0 aliphatic carbocycles. The quantitative estimate of drug-likeness (QED) is 0.829. The molecule has 0 aromatic heterocycles. The monoisotopic (exact) mass is 347 g/mol. The van der Waals surface area contributed by atoms with Gasteiger partial charge in [-0.1, -0.05) is 28.1 Å². The molecule has 0 saturated heterocycles. The highest BCUT2D eigenvalue weighted by Crippen LogP contribution is 2.53. The van der Waals surface area contributed by atoms with Crippen molar-refractivity contribution in [2.24, 2.45) is 0 Å². The molecule has 0 atom stereocenters. The largest absolute Gasteiger partial charge is 0.376 e. The summed E-state index contributed by atoms with van der Waals surface area (Å²) < 4.78 is 23.0. The summed E-state index contributed by atoms with van der Waals surface area (Å²) in [6.45, 7) is 1.32. The van der Waals surface area contributed by atoms with Crippen LogP contribution in [0.5, 0.6) is 0 Å². The van der Waals surface area contributed by atoms with Gasteiger partial charge in [-0.05, 0) is 23.8 Å². The number of carbonyl (C=O) groups is 1. The lowest BCUT2D eigenvalue weighted by Gasteiger charge is -2.17. The van der Waals surface area contributed by atoms with Crippen molar-refractivity contribution in [1.82, 2.24) is 5.32 Å². The summed E-state index contributed by atoms with van der Waals surface area (Å²) in [5, 5.41) is 2.48. The van der Waals surface area contributed by atoms with Gasteiger partial charge in [0.2, 0.25) is 5.91 Å². The van der Waals surface area contributed by atoms with Gasteiger partial charge in [-0.25, -0.2) is 0 Å². The van der Waals surface area contributed by atoms with E-state index in [9.17, 15) is 9.36 Å². The molecule has 1 N–H and O–H groups in total. The van der Waals surface area contributed by atoms with Gasteiger partial charge in [0.05, 0.1) is 0 Å². The van der Waals surface area contributed by atoms with Gasteiger partial charge in [-0.2, -0.15) is 0 Å². The molecule has 0 radical (unpaired) electrons. The van der Waals surface area contributed by atoms with E-state index in [0.29, 0.717) is 0 Å². The van der Waals surface area contributed by atoms with Gasteiger partial charge in [0.1, 0.15) is 5.44 Å². The SMILES string of the molecule is COP(=O)(OC)/C(=C\c1ccc(Br)cc1)NC(C)=O. The molecule has 0 saturated carbocycles. The van der Waals surface area contributed by atoms with Crippen molar-refractivity contribution in [1.29, 1.82) is 0 Å². The third-order valence-electron chi connectivity index (χ3n) is 2.25. The maximum atomic E-state index is 12.3. The first-order chi connectivity index (χ1) is 8.91. The number of hydrogen-bond donors (Lipinski definition) is 1. The molecule has 1 aromatic carbocycles. The lowest BCUT2D eigenvalue weighted by molar-refractivity contribution is -0.118. The van der Waals surface area contributed by atoms with E-state index in [2.05, 4.69) is 21.2 Å². The zero-order chi connectivity index (χ0) is 14.5. The van der Waals surface area contributed by atoms with E-state index < -0.39 is 7.60 Å². The summed E-state index contributed by atoms with van der Waals surface area (Å²) in [6.07, 6.45) is 1.56. The van der Waals surface area contributed by atoms with Gasteiger partial charge in [-0.3, -0.25) is 9.36 Å². The van der Waals surface area contributed by atoms with Gasteiger partial charge in [0.25, 0.3) is 0 Å². The van der Waals surface area contributed by atoms with Crippen LogP contribution < -0.4 is 5.32 Å². The van der Waals surface area contributed by atoms with Crippen LogP contribution >= 0.6 is 23.5 Å². The normalized spacial score (nSPS) is 12.3. The second-order valence-electron chi connectivity index (χ2n) is 3.62. The first-order valence-electron chi connectivity index (χ1n) is 5.38. The standard InChI is InChI=1S/C12H15BrNO4P/c1-9(15)14-12(19(16,17-2)18-3)8-10-4-6-11(13)7-5-10/h4-8H,1-3H3,(H,14,15)/b12-8-. The fraction of sp³-hybridized carbons (Fsp3) is 0.250. The molecule has 0 aliphatic rings. The number of carbonyl (C=O) groups excluding carboxylic acids is 1. The van der Waals surface area contributed by atoms with Gasteiger partial charge in [-0.15, -0.1) is 0 Å². The number of rotatable bonds is 5. The van der Waals surface area contributed by atoms with Crippen LogP contribution in [0.1, 0.15) is 12.5 Å². The van der Waals surface area contributed by atoms with Crippen molar-refractivity contribution in [3.63, 3.8) is 0 Å². The molecule has 19 heavy (non-hydrogen) atoms. The molecule has 0 heterocycles. The Balaban J connectivity index is 3.19. The molecule has 5 nitrogen and oxygen atoms in total. The maximum absolute atomic E-state index is 12.3. The molecule has 0 aliphatic heterocycles. The zero-order valence-electron chi connectivity index (χ0n) is 10.8. The summed E-state index contributed by atoms with van der Waals surface area (Å²) in [7, 11) is -0.974. The fourth-order valence-corrected chi connectivity index (χ4v) is 2.76. The predicted molar refractivity (Wildman–Crippen MR) is 77.6 cm³/mol. The van der Waals surface area contributed by atoms with E-state index >= 15 is 0 Å². The van der Waals surface area contributed by atoms with E-state index in [0.717, 1.165) is 10.0 Å². The molecule has 0 fully saturated rings. The number of halogens is 1. The van der Waals surface area contributed by atoms with Crippen LogP contribution in [0.3, 0.4) is 0 Å². The topological polar surface area (TPSA) is 64.6 Å². The van der Waals surface area contributed by atoms with Gasteiger partial charge < -0.3 is 14.4 Å². The predicted octanol–water partition coefficient (Wildman–Crippen LogP) is 3.37. The Kier molecular flexibility index (Phi) is 5.94. The molecule has 7 heteroatoms. The highest BCUT2D eigenvalue weighted by molar-refractivity contribution is 9.10. The number of amides is 1. The minimum atomic E-state index is -3.51. The Morgan fingerprint density at radius 2 is 1.79 bits per heavy atom. The van der Waals surface area contributed by atoms with Crippen LogP contribution in [0, 0.1) is 0 Å². The van der Waals surface area contributed by atoms with Crippen molar-refractivity contribution >= 4 is 35.5 Å². The number of hydrogen-bond acceptors (Lipinski definition) is 4. The van der Waals surface area contributed by atoms with Crippen molar-refractivity contribution in [2.75, 3.05) is 14.2 Å².